The number of halogens is 3. The molecule has 0 radical (unpaired) electrons. The predicted octanol–water partition coefficient (Wildman–Crippen LogP) is 1.93. The van der Waals surface area contributed by atoms with Gasteiger partial charge in [0.05, 0.1) is 5.56 Å². The molecule has 5 nitrogen and oxygen atoms in total. The van der Waals surface area contributed by atoms with E-state index >= 15 is 0 Å². The molecule has 0 atom stereocenters. The third-order valence-corrected chi connectivity index (χ3v) is 3.65. The van der Waals surface area contributed by atoms with E-state index in [2.05, 4.69) is 9.97 Å². The van der Waals surface area contributed by atoms with Crippen LogP contribution < -0.4 is 16.2 Å². The molecule has 0 unspecified atom stereocenters. The van der Waals surface area contributed by atoms with Crippen LogP contribution in [0.1, 0.15) is 16.7 Å². The molecule has 1 aliphatic rings. The number of aromatic amines is 1. The van der Waals surface area contributed by atoms with Crippen molar-refractivity contribution < 1.29 is 13.2 Å². The molecule has 0 amide bonds. The summed E-state index contributed by atoms with van der Waals surface area (Å²) in [5, 5.41) is 0. The normalized spacial score (nSPS) is 14.8. The predicted molar refractivity (Wildman–Crippen MR) is 75.5 cm³/mol. The van der Waals surface area contributed by atoms with Crippen LogP contribution in [0.15, 0.2) is 29.1 Å². The largest absolute Gasteiger partial charge is 0.416 e. The highest BCUT2D eigenvalue weighted by molar-refractivity contribution is 5.48. The molecule has 3 rings (SSSR count). The SMILES string of the molecule is Nc1nc(N2CCc3cccc(C(F)(F)F)c3C2)cc(=O)[nH]1. The molecule has 0 saturated carbocycles. The number of hydrogen-bond donors (Lipinski definition) is 2. The van der Waals surface area contributed by atoms with Crippen LogP contribution in [0.5, 0.6) is 0 Å². The van der Waals surface area contributed by atoms with E-state index in [1.807, 2.05) is 0 Å². The van der Waals surface area contributed by atoms with Crippen LogP contribution in [0.3, 0.4) is 0 Å². The highest BCUT2D eigenvalue weighted by Crippen LogP contribution is 2.36. The highest BCUT2D eigenvalue weighted by Gasteiger charge is 2.35. The number of hydrogen-bond acceptors (Lipinski definition) is 4. The van der Waals surface area contributed by atoms with Crippen molar-refractivity contribution in [3.8, 4) is 0 Å². The van der Waals surface area contributed by atoms with E-state index in [4.69, 9.17) is 5.73 Å². The highest BCUT2D eigenvalue weighted by atomic mass is 19.4. The zero-order valence-corrected chi connectivity index (χ0v) is 11.4. The minimum Gasteiger partial charge on any atom is -0.369 e. The Morgan fingerprint density at radius 3 is 2.77 bits per heavy atom. The van der Waals surface area contributed by atoms with E-state index < -0.39 is 17.3 Å². The van der Waals surface area contributed by atoms with Gasteiger partial charge in [0.15, 0.2) is 0 Å². The molecule has 0 bridgehead atoms. The first-order valence-electron chi connectivity index (χ1n) is 6.64. The van der Waals surface area contributed by atoms with Gasteiger partial charge in [-0.3, -0.25) is 9.78 Å². The molecule has 2 aromatic rings. The lowest BCUT2D eigenvalue weighted by atomic mass is 9.94. The zero-order chi connectivity index (χ0) is 15.9. The number of rotatable bonds is 1. The molecule has 0 aliphatic carbocycles. The molecule has 22 heavy (non-hydrogen) atoms. The van der Waals surface area contributed by atoms with E-state index in [1.54, 1.807) is 11.0 Å². The standard InChI is InChI=1S/C14H13F3N4O/c15-14(16,17)10-3-1-2-8-4-5-21(7-9(8)10)11-6-12(22)20-13(18)19-11/h1-3,6H,4-5,7H2,(H3,18,19,20,22). The Labute approximate surface area is 123 Å². The first-order valence-corrected chi connectivity index (χ1v) is 6.64. The summed E-state index contributed by atoms with van der Waals surface area (Å²) in [7, 11) is 0. The molecule has 3 N–H and O–H groups in total. The van der Waals surface area contributed by atoms with Crippen LogP contribution in [-0.4, -0.2) is 16.5 Å². The van der Waals surface area contributed by atoms with E-state index in [0.29, 0.717) is 18.5 Å². The van der Waals surface area contributed by atoms with Gasteiger partial charge in [-0.25, -0.2) is 0 Å². The topological polar surface area (TPSA) is 75.0 Å². The number of aromatic nitrogens is 2. The summed E-state index contributed by atoms with van der Waals surface area (Å²) in [6, 6.07) is 5.42. The number of nitrogens with zero attached hydrogens (tertiary/aromatic N) is 2. The van der Waals surface area contributed by atoms with Gasteiger partial charge < -0.3 is 10.6 Å². The third kappa shape index (κ3) is 2.63. The van der Waals surface area contributed by atoms with Crippen molar-refractivity contribution in [3.63, 3.8) is 0 Å². The van der Waals surface area contributed by atoms with E-state index in [9.17, 15) is 18.0 Å². The molecule has 0 spiro atoms. The number of nitrogen functional groups attached to an aromatic ring is 1. The quantitative estimate of drug-likeness (QED) is 0.844. The van der Waals surface area contributed by atoms with Gasteiger partial charge in [-0.2, -0.15) is 18.2 Å². The number of H-pyrrole nitrogens is 1. The number of alkyl halides is 3. The van der Waals surface area contributed by atoms with Crippen LogP contribution in [0, 0.1) is 0 Å². The Bertz CT molecular complexity index is 769. The van der Waals surface area contributed by atoms with E-state index in [-0.39, 0.29) is 23.9 Å². The molecule has 8 heteroatoms. The summed E-state index contributed by atoms with van der Waals surface area (Å²) >= 11 is 0. The van der Waals surface area contributed by atoms with E-state index in [1.165, 1.54) is 12.1 Å². The lowest BCUT2D eigenvalue weighted by Gasteiger charge is -2.31. The first kappa shape index (κ1) is 14.4. The third-order valence-electron chi connectivity index (χ3n) is 3.65. The minimum atomic E-state index is -4.41. The Morgan fingerprint density at radius 1 is 1.32 bits per heavy atom. The van der Waals surface area contributed by atoms with Crippen molar-refractivity contribution in [2.45, 2.75) is 19.1 Å². The number of fused-ring (bicyclic) bond motifs is 1. The van der Waals surface area contributed by atoms with Crippen molar-refractivity contribution in [2.24, 2.45) is 0 Å². The lowest BCUT2D eigenvalue weighted by Crippen LogP contribution is -2.33. The zero-order valence-electron chi connectivity index (χ0n) is 11.4. The molecular formula is C14H13F3N4O. The molecule has 0 saturated heterocycles. The van der Waals surface area contributed by atoms with Crippen LogP contribution in [0.2, 0.25) is 0 Å². The van der Waals surface area contributed by atoms with Crippen LogP contribution in [0.25, 0.3) is 0 Å². The molecule has 116 valence electrons. The molecule has 2 heterocycles. The van der Waals surface area contributed by atoms with Crippen molar-refractivity contribution in [3.05, 3.63) is 51.3 Å². The monoisotopic (exact) mass is 310 g/mol. The fraction of sp³-hybridized carbons (Fsp3) is 0.286. The van der Waals surface area contributed by atoms with Crippen molar-refractivity contribution in [2.75, 3.05) is 17.2 Å². The first-order chi connectivity index (χ1) is 10.3. The van der Waals surface area contributed by atoms with Gasteiger partial charge in [0.1, 0.15) is 5.82 Å². The molecular weight excluding hydrogens is 297 g/mol. The van der Waals surface area contributed by atoms with Gasteiger partial charge in [0.25, 0.3) is 5.56 Å². The fourth-order valence-corrected chi connectivity index (χ4v) is 2.67. The summed E-state index contributed by atoms with van der Waals surface area (Å²) in [4.78, 5) is 19.4. The average Bonchev–Trinajstić information content (AvgIpc) is 2.44. The van der Waals surface area contributed by atoms with E-state index in [0.717, 1.165) is 6.07 Å². The van der Waals surface area contributed by atoms with Crippen LogP contribution in [-0.2, 0) is 19.1 Å². The summed E-state index contributed by atoms with van der Waals surface area (Å²) in [5.74, 6) is 0.223. The van der Waals surface area contributed by atoms with Gasteiger partial charge in [0, 0.05) is 19.2 Å². The van der Waals surface area contributed by atoms with Gasteiger partial charge in [-0.05, 0) is 23.6 Å². The maximum atomic E-state index is 13.1. The maximum absolute atomic E-state index is 13.1. The number of anilines is 2. The van der Waals surface area contributed by atoms with Crippen molar-refractivity contribution in [1.29, 1.82) is 0 Å². The Hall–Kier alpha value is -2.51. The van der Waals surface area contributed by atoms with Crippen molar-refractivity contribution >= 4 is 11.8 Å². The summed E-state index contributed by atoms with van der Waals surface area (Å²) < 4.78 is 39.4. The van der Waals surface area contributed by atoms with Gasteiger partial charge in [-0.15, -0.1) is 0 Å². The second-order valence-corrected chi connectivity index (χ2v) is 5.10. The Balaban J connectivity index is 2.01. The van der Waals surface area contributed by atoms with Gasteiger partial charge in [-0.1, -0.05) is 12.1 Å². The smallest absolute Gasteiger partial charge is 0.369 e. The molecule has 1 aromatic carbocycles. The van der Waals surface area contributed by atoms with Gasteiger partial charge in [0.2, 0.25) is 5.95 Å². The van der Waals surface area contributed by atoms with Gasteiger partial charge >= 0.3 is 6.18 Å². The summed E-state index contributed by atoms with van der Waals surface area (Å²) in [6.07, 6.45) is -3.96. The summed E-state index contributed by atoms with van der Waals surface area (Å²) in [5.41, 5.74) is 5.30. The molecule has 0 fully saturated rings. The molecule has 1 aromatic heterocycles. The minimum absolute atomic E-state index is 0.0426. The fourth-order valence-electron chi connectivity index (χ4n) is 2.67. The molecule has 1 aliphatic heterocycles. The lowest BCUT2D eigenvalue weighted by molar-refractivity contribution is -0.138. The second kappa shape index (κ2) is 5.04. The number of benzene rings is 1. The number of nitrogens with two attached hydrogens (primary N) is 1. The Kier molecular flexibility index (Phi) is 3.31. The average molecular weight is 310 g/mol. The van der Waals surface area contributed by atoms with Crippen molar-refractivity contribution in [1.82, 2.24) is 9.97 Å². The summed E-state index contributed by atoms with van der Waals surface area (Å²) in [6.45, 7) is 0.519. The van der Waals surface area contributed by atoms with Crippen LogP contribution >= 0.6 is 0 Å². The van der Waals surface area contributed by atoms with Crippen LogP contribution in [0.4, 0.5) is 24.9 Å². The Morgan fingerprint density at radius 2 is 2.09 bits per heavy atom. The second-order valence-electron chi connectivity index (χ2n) is 5.10. The maximum Gasteiger partial charge on any atom is 0.416 e. The number of nitrogens with one attached hydrogen (secondary N) is 1.